The molecular formula is C17H16BrN3O3. The van der Waals surface area contributed by atoms with Crippen molar-refractivity contribution in [1.82, 2.24) is 9.97 Å². The number of nitrogens with zero attached hydrogens (tertiary/aromatic N) is 3. The summed E-state index contributed by atoms with van der Waals surface area (Å²) in [7, 11) is 1.39. The number of carbonyl (C=O) groups excluding carboxylic acids is 1. The van der Waals surface area contributed by atoms with Crippen molar-refractivity contribution in [2.24, 2.45) is 0 Å². The number of hydrogen-bond acceptors (Lipinski definition) is 6. The molecule has 4 rings (SSSR count). The molecule has 2 aromatic rings. The molecule has 3 heterocycles. The van der Waals surface area contributed by atoms with Gasteiger partial charge in [0.1, 0.15) is 10.4 Å². The van der Waals surface area contributed by atoms with Crippen molar-refractivity contribution in [2.45, 2.75) is 6.42 Å². The predicted molar refractivity (Wildman–Crippen MR) is 92.3 cm³/mol. The molecule has 124 valence electrons. The van der Waals surface area contributed by atoms with Crippen LogP contribution in [0.4, 0.5) is 5.82 Å². The monoisotopic (exact) mass is 389 g/mol. The molecule has 0 saturated carbocycles. The van der Waals surface area contributed by atoms with Gasteiger partial charge in [-0.1, -0.05) is 0 Å². The van der Waals surface area contributed by atoms with E-state index < -0.39 is 0 Å². The zero-order chi connectivity index (χ0) is 16.7. The third-order valence-electron chi connectivity index (χ3n) is 4.39. The minimum Gasteiger partial charge on any atom is -0.465 e. The fourth-order valence-corrected chi connectivity index (χ4v) is 3.62. The van der Waals surface area contributed by atoms with E-state index in [0.29, 0.717) is 16.6 Å². The molecule has 0 unspecified atom stereocenters. The largest absolute Gasteiger partial charge is 0.465 e. The Hall–Kier alpha value is -1.99. The van der Waals surface area contributed by atoms with Gasteiger partial charge in [-0.3, -0.25) is 0 Å². The first-order valence-electron chi connectivity index (χ1n) is 7.78. The topological polar surface area (TPSA) is 64.5 Å². The van der Waals surface area contributed by atoms with Crippen LogP contribution in [0.2, 0.25) is 0 Å². The number of aromatic nitrogens is 2. The lowest BCUT2D eigenvalue weighted by Gasteiger charge is -2.28. The molecule has 0 amide bonds. The van der Waals surface area contributed by atoms with Gasteiger partial charge < -0.3 is 14.4 Å². The second kappa shape index (κ2) is 6.14. The van der Waals surface area contributed by atoms with Gasteiger partial charge in [0.05, 0.1) is 37.3 Å². The standard InChI is InChI=1S/C17H16BrN3O3/c1-23-17(22)12-9-14(18)20-16-10-2-3-15(19-13(10)8-11(12)16)21-4-6-24-7-5-21/h2-3,9H,4-8H2,1H3. The van der Waals surface area contributed by atoms with Gasteiger partial charge in [0.2, 0.25) is 0 Å². The SMILES string of the molecule is COC(=O)c1cc(Br)nc2c1Cc1nc(N3CCOCC3)ccc1-2. The maximum absolute atomic E-state index is 12.1. The third kappa shape index (κ3) is 2.57. The van der Waals surface area contributed by atoms with E-state index >= 15 is 0 Å². The Morgan fingerprint density at radius 3 is 2.83 bits per heavy atom. The highest BCUT2D eigenvalue weighted by molar-refractivity contribution is 9.10. The van der Waals surface area contributed by atoms with E-state index in [9.17, 15) is 4.79 Å². The molecule has 1 saturated heterocycles. The maximum atomic E-state index is 12.1. The highest BCUT2D eigenvalue weighted by atomic mass is 79.9. The van der Waals surface area contributed by atoms with Crippen LogP contribution in [-0.2, 0) is 15.9 Å². The molecule has 7 heteroatoms. The smallest absolute Gasteiger partial charge is 0.338 e. The summed E-state index contributed by atoms with van der Waals surface area (Å²) in [6.45, 7) is 3.13. The Labute approximate surface area is 147 Å². The molecule has 1 fully saturated rings. The van der Waals surface area contributed by atoms with Crippen LogP contribution < -0.4 is 4.90 Å². The van der Waals surface area contributed by atoms with Gasteiger partial charge in [-0.15, -0.1) is 0 Å². The fraction of sp³-hybridized carbons (Fsp3) is 0.353. The van der Waals surface area contributed by atoms with Crippen LogP contribution in [0.1, 0.15) is 21.6 Å². The van der Waals surface area contributed by atoms with Crippen LogP contribution >= 0.6 is 15.9 Å². The summed E-state index contributed by atoms with van der Waals surface area (Å²) in [5.74, 6) is 0.596. The Bertz CT molecular complexity index is 819. The van der Waals surface area contributed by atoms with Gasteiger partial charge in [-0.05, 0) is 39.7 Å². The Morgan fingerprint density at radius 2 is 2.08 bits per heavy atom. The van der Waals surface area contributed by atoms with E-state index in [4.69, 9.17) is 14.5 Å². The Kier molecular flexibility index (Phi) is 3.97. The van der Waals surface area contributed by atoms with Gasteiger partial charge >= 0.3 is 5.97 Å². The lowest BCUT2D eigenvalue weighted by Crippen LogP contribution is -2.36. The normalized spacial score (nSPS) is 15.8. The number of esters is 1. The summed E-state index contributed by atoms with van der Waals surface area (Å²) in [5, 5.41) is 0. The van der Waals surface area contributed by atoms with E-state index in [1.54, 1.807) is 6.07 Å². The van der Waals surface area contributed by atoms with Gasteiger partial charge in [-0.25, -0.2) is 14.8 Å². The number of pyridine rings is 2. The van der Waals surface area contributed by atoms with Gasteiger partial charge in [-0.2, -0.15) is 0 Å². The van der Waals surface area contributed by atoms with E-state index in [1.165, 1.54) is 7.11 Å². The van der Waals surface area contributed by atoms with Crippen molar-refractivity contribution in [3.05, 3.63) is 39.6 Å². The first-order chi connectivity index (χ1) is 11.7. The van der Waals surface area contributed by atoms with Crippen LogP contribution in [0.25, 0.3) is 11.3 Å². The van der Waals surface area contributed by atoms with Crippen molar-refractivity contribution in [2.75, 3.05) is 38.3 Å². The molecule has 1 aliphatic heterocycles. The number of rotatable bonds is 2. The highest BCUT2D eigenvalue weighted by Crippen LogP contribution is 2.38. The summed E-state index contributed by atoms with van der Waals surface area (Å²) in [6, 6.07) is 5.76. The third-order valence-corrected chi connectivity index (χ3v) is 4.80. The molecule has 0 spiro atoms. The van der Waals surface area contributed by atoms with Crippen LogP contribution in [0.5, 0.6) is 0 Å². The summed E-state index contributed by atoms with van der Waals surface area (Å²) in [6.07, 6.45) is 0.591. The zero-order valence-corrected chi connectivity index (χ0v) is 14.8. The average molecular weight is 390 g/mol. The predicted octanol–water partition coefficient (Wildman–Crippen LogP) is 2.43. The Balaban J connectivity index is 1.75. The lowest BCUT2D eigenvalue weighted by atomic mass is 10.1. The number of halogens is 1. The number of carbonyl (C=O) groups is 1. The molecule has 6 nitrogen and oxygen atoms in total. The molecule has 0 aromatic carbocycles. The number of ether oxygens (including phenoxy) is 2. The highest BCUT2D eigenvalue weighted by Gasteiger charge is 2.28. The lowest BCUT2D eigenvalue weighted by molar-refractivity contribution is 0.0599. The summed E-state index contributed by atoms with van der Waals surface area (Å²) < 4.78 is 10.9. The Morgan fingerprint density at radius 1 is 1.29 bits per heavy atom. The summed E-state index contributed by atoms with van der Waals surface area (Å²) in [5.41, 5.74) is 4.16. The molecule has 0 bridgehead atoms. The number of morpholine rings is 1. The number of methoxy groups -OCH3 is 1. The molecule has 24 heavy (non-hydrogen) atoms. The van der Waals surface area contributed by atoms with E-state index in [1.807, 2.05) is 12.1 Å². The van der Waals surface area contributed by atoms with Gasteiger partial charge in [0.15, 0.2) is 0 Å². The maximum Gasteiger partial charge on any atom is 0.338 e. The van der Waals surface area contributed by atoms with Crippen molar-refractivity contribution in [3.63, 3.8) is 0 Å². The van der Waals surface area contributed by atoms with Crippen molar-refractivity contribution < 1.29 is 14.3 Å². The molecule has 0 atom stereocenters. The molecule has 0 radical (unpaired) electrons. The van der Waals surface area contributed by atoms with Crippen molar-refractivity contribution in [3.8, 4) is 11.3 Å². The molecular weight excluding hydrogens is 374 g/mol. The van der Waals surface area contributed by atoms with Crippen molar-refractivity contribution in [1.29, 1.82) is 0 Å². The molecule has 2 aliphatic rings. The van der Waals surface area contributed by atoms with Gasteiger partial charge in [0.25, 0.3) is 0 Å². The first kappa shape index (κ1) is 15.5. The minimum absolute atomic E-state index is 0.351. The van der Waals surface area contributed by atoms with Crippen LogP contribution in [0, 0.1) is 0 Å². The van der Waals surface area contributed by atoms with E-state index in [0.717, 1.165) is 54.6 Å². The summed E-state index contributed by atoms with van der Waals surface area (Å²) >= 11 is 3.38. The quantitative estimate of drug-likeness (QED) is 0.495. The second-order valence-corrected chi connectivity index (χ2v) is 6.56. The molecule has 2 aromatic heterocycles. The summed E-state index contributed by atoms with van der Waals surface area (Å²) in [4.78, 5) is 23.7. The second-order valence-electron chi connectivity index (χ2n) is 5.75. The zero-order valence-electron chi connectivity index (χ0n) is 13.2. The fourth-order valence-electron chi connectivity index (χ4n) is 3.21. The van der Waals surface area contributed by atoms with Crippen LogP contribution in [0.3, 0.4) is 0 Å². The number of fused-ring (bicyclic) bond motifs is 3. The van der Waals surface area contributed by atoms with Crippen molar-refractivity contribution >= 4 is 27.7 Å². The molecule has 0 N–H and O–H groups in total. The number of anilines is 1. The van der Waals surface area contributed by atoms with E-state index in [-0.39, 0.29) is 5.97 Å². The number of hydrogen-bond donors (Lipinski definition) is 0. The average Bonchev–Trinajstić information content (AvgIpc) is 2.98. The van der Waals surface area contributed by atoms with Crippen LogP contribution in [0.15, 0.2) is 22.8 Å². The minimum atomic E-state index is -0.351. The van der Waals surface area contributed by atoms with Crippen LogP contribution in [-0.4, -0.2) is 49.4 Å². The molecule has 1 aliphatic carbocycles. The first-order valence-corrected chi connectivity index (χ1v) is 8.57. The van der Waals surface area contributed by atoms with E-state index in [2.05, 4.69) is 25.8 Å². The van der Waals surface area contributed by atoms with Gasteiger partial charge in [0, 0.05) is 25.1 Å².